The molecule has 0 radical (unpaired) electrons. The van der Waals surface area contributed by atoms with Crippen LogP contribution in [0.2, 0.25) is 0 Å². The second-order valence-electron chi connectivity index (χ2n) is 11.0. The molecule has 0 aromatic rings. The first kappa shape index (κ1) is 43.9. The van der Waals surface area contributed by atoms with Gasteiger partial charge in [-0.1, -0.05) is 0 Å². The van der Waals surface area contributed by atoms with Gasteiger partial charge in [0.05, 0.1) is 59.2 Å². The van der Waals surface area contributed by atoms with Crippen molar-refractivity contribution in [3.63, 3.8) is 0 Å². The van der Waals surface area contributed by atoms with Crippen molar-refractivity contribution < 1.29 is 82.0 Å². The van der Waals surface area contributed by atoms with Crippen LogP contribution in [0.1, 0.15) is 51.4 Å². The Labute approximate surface area is 302 Å². The van der Waals surface area contributed by atoms with Crippen LogP contribution in [0.4, 0.5) is 0 Å². The number of nitrogens with zero attached hydrogens (tertiary/aromatic N) is 4. The number of hydrogen-bond donors (Lipinski definition) is 2. The lowest BCUT2D eigenvalue weighted by atomic mass is 10.3. The molecule has 292 valence electrons. The van der Waals surface area contributed by atoms with E-state index in [1.54, 1.807) is 0 Å². The van der Waals surface area contributed by atoms with Gasteiger partial charge in [0, 0.05) is 69.6 Å². The summed E-state index contributed by atoms with van der Waals surface area (Å²) in [5.41, 5.74) is 0. The summed E-state index contributed by atoms with van der Waals surface area (Å²) in [4.78, 5) is 117. The van der Waals surface area contributed by atoms with Crippen LogP contribution < -0.4 is 0 Å². The Morgan fingerprint density at radius 3 is 1.25 bits per heavy atom. The average molecular weight is 755 g/mol. The van der Waals surface area contributed by atoms with Crippen molar-refractivity contribution in [1.29, 1.82) is 0 Å². The molecule has 4 aliphatic rings. The number of amides is 8. The highest BCUT2D eigenvalue weighted by atomic mass is 16.7. The molecule has 2 N–H and O–H groups in total. The smallest absolute Gasteiger partial charge is 0.333 e. The summed E-state index contributed by atoms with van der Waals surface area (Å²) in [5, 5.41) is 17.5. The van der Waals surface area contributed by atoms with Crippen molar-refractivity contribution >= 4 is 59.2 Å². The van der Waals surface area contributed by atoms with Crippen molar-refractivity contribution in [2.45, 2.75) is 51.4 Å². The minimum Gasteiger partial charge on any atom is -0.481 e. The number of carboxylic acid groups (broad SMARTS) is 1. The number of hydrogen-bond acceptors (Lipinski definition) is 16. The predicted octanol–water partition coefficient (Wildman–Crippen LogP) is -1.33. The van der Waals surface area contributed by atoms with Crippen LogP contribution >= 0.6 is 0 Å². The number of imide groups is 4. The normalized spacial score (nSPS) is 16.5. The summed E-state index contributed by atoms with van der Waals surface area (Å²) in [6.45, 7) is 2.83. The first-order valence-corrected chi connectivity index (χ1v) is 16.5. The maximum absolute atomic E-state index is 11.5. The van der Waals surface area contributed by atoms with Gasteiger partial charge in [-0.25, -0.2) is 4.79 Å². The molecule has 4 rings (SSSR count). The summed E-state index contributed by atoms with van der Waals surface area (Å²) in [7, 11) is 0. The molecule has 2 saturated heterocycles. The van der Waals surface area contributed by atoms with Gasteiger partial charge in [0.2, 0.25) is 0 Å². The van der Waals surface area contributed by atoms with Gasteiger partial charge in [-0.2, -0.15) is 5.06 Å². The second-order valence-corrected chi connectivity index (χ2v) is 11.0. The van der Waals surface area contributed by atoms with E-state index in [4.69, 9.17) is 34.1 Å². The molecule has 2 fully saturated rings. The molecule has 0 saturated carbocycles. The third kappa shape index (κ3) is 16.8. The highest BCUT2D eigenvalue weighted by Crippen LogP contribution is 2.13. The summed E-state index contributed by atoms with van der Waals surface area (Å²) in [6.07, 6.45) is 6.26. The average Bonchev–Trinajstić information content (AvgIpc) is 3.82. The molecule has 4 heterocycles. The van der Waals surface area contributed by atoms with Gasteiger partial charge in [-0.05, 0) is 12.8 Å². The van der Waals surface area contributed by atoms with E-state index in [1.807, 2.05) is 0 Å². The molecular formula is C32H42N4O17. The maximum atomic E-state index is 11.5. The summed E-state index contributed by atoms with van der Waals surface area (Å²) < 4.78 is 20.9. The zero-order chi connectivity index (χ0) is 39.2. The van der Waals surface area contributed by atoms with Crippen molar-refractivity contribution in [3.8, 4) is 0 Å². The molecule has 4 aliphatic heterocycles. The summed E-state index contributed by atoms with van der Waals surface area (Å²) in [6, 6.07) is 0. The fourth-order valence-corrected chi connectivity index (χ4v) is 4.27. The lowest BCUT2D eigenvalue weighted by molar-refractivity contribution is -0.197. The van der Waals surface area contributed by atoms with Crippen LogP contribution in [-0.4, -0.2) is 155 Å². The van der Waals surface area contributed by atoms with Crippen LogP contribution in [0, 0.1) is 0 Å². The Morgan fingerprint density at radius 2 is 0.887 bits per heavy atom. The molecule has 0 aromatic heterocycles. The quantitative estimate of drug-likeness (QED) is 0.0780. The lowest BCUT2D eigenvalue weighted by Gasteiger charge is -2.13. The number of rotatable bonds is 21. The molecule has 0 spiro atoms. The van der Waals surface area contributed by atoms with Crippen LogP contribution in [-0.2, 0) is 71.7 Å². The molecule has 0 bridgehead atoms. The van der Waals surface area contributed by atoms with Gasteiger partial charge in [-0.15, -0.1) is 5.06 Å². The van der Waals surface area contributed by atoms with Crippen molar-refractivity contribution in [2.24, 2.45) is 0 Å². The molecule has 53 heavy (non-hydrogen) atoms. The zero-order valence-corrected chi connectivity index (χ0v) is 28.8. The molecule has 21 heteroatoms. The maximum Gasteiger partial charge on any atom is 0.333 e. The fraction of sp³-hybridized carbons (Fsp3) is 0.562. The summed E-state index contributed by atoms with van der Waals surface area (Å²) in [5.74, 6) is -4.87. The van der Waals surface area contributed by atoms with E-state index in [0.717, 1.165) is 9.80 Å². The topological polar surface area (TPSA) is 270 Å². The Kier molecular flexibility index (Phi) is 20.0. The molecule has 0 unspecified atom stereocenters. The van der Waals surface area contributed by atoms with Crippen molar-refractivity contribution in [1.82, 2.24) is 19.9 Å². The number of carbonyl (C=O) groups excluding carboxylic acids is 9. The van der Waals surface area contributed by atoms with Crippen LogP contribution in [0.3, 0.4) is 0 Å². The van der Waals surface area contributed by atoms with Gasteiger partial charge in [-0.3, -0.25) is 58.2 Å². The number of ether oxygens (including phenoxy) is 4. The Morgan fingerprint density at radius 1 is 0.528 bits per heavy atom. The van der Waals surface area contributed by atoms with E-state index in [0.29, 0.717) is 37.7 Å². The van der Waals surface area contributed by atoms with E-state index in [2.05, 4.69) is 0 Å². The number of aliphatic carboxylic acids is 1. The standard InChI is InChI=1S/C16H20N2O8.C12H17NO6.C4H5NO3/c19-12-3-4-13(20)17(12)7-9-25-11-10-24-8-1-2-16(23)26-18-14(21)5-6-15(18)22;14-10-3-4-11(15)13(10)5-7-19-9-8-18-6-1-2-12(16)17;6-3-1-2-4(7)5(3)8/h3-4H,1-2,5-11H2;3-4H,1-2,5-9H2,(H,16,17);8H,1-2H2. The van der Waals surface area contributed by atoms with E-state index in [1.165, 1.54) is 24.3 Å². The monoisotopic (exact) mass is 754 g/mol. The first-order valence-electron chi connectivity index (χ1n) is 16.5. The Bertz CT molecular complexity index is 1360. The molecule has 0 atom stereocenters. The van der Waals surface area contributed by atoms with Crippen LogP contribution in [0.5, 0.6) is 0 Å². The SMILES string of the molecule is O=C(CCCOCCOCCN1C(=O)C=CC1=O)ON1C(=O)CCC1=O.O=C(O)CCCOCCOCCN1C(=O)C=CC1=O.O=C1CCC(=O)N1O. The Hall–Kier alpha value is -5.22. The van der Waals surface area contributed by atoms with E-state index < -0.39 is 35.6 Å². The highest BCUT2D eigenvalue weighted by molar-refractivity contribution is 6.13. The van der Waals surface area contributed by atoms with Gasteiger partial charge < -0.3 is 28.9 Å². The minimum absolute atomic E-state index is 0.0180. The van der Waals surface area contributed by atoms with Crippen molar-refractivity contribution in [3.05, 3.63) is 24.3 Å². The second kappa shape index (κ2) is 24.1. The third-order valence-corrected chi connectivity index (χ3v) is 7.04. The van der Waals surface area contributed by atoms with Gasteiger partial charge in [0.1, 0.15) is 0 Å². The van der Waals surface area contributed by atoms with E-state index in [-0.39, 0.29) is 113 Å². The van der Waals surface area contributed by atoms with Gasteiger partial charge in [0.25, 0.3) is 47.3 Å². The van der Waals surface area contributed by atoms with Crippen LogP contribution in [0.25, 0.3) is 0 Å². The lowest BCUT2D eigenvalue weighted by Crippen LogP contribution is -2.33. The molecule has 8 amide bonds. The van der Waals surface area contributed by atoms with E-state index in [9.17, 15) is 47.9 Å². The predicted molar refractivity (Wildman–Crippen MR) is 171 cm³/mol. The molecule has 0 aliphatic carbocycles. The van der Waals surface area contributed by atoms with Crippen LogP contribution in [0.15, 0.2) is 24.3 Å². The highest BCUT2D eigenvalue weighted by Gasteiger charge is 2.32. The molecular weight excluding hydrogens is 712 g/mol. The van der Waals surface area contributed by atoms with Gasteiger partial charge in [0.15, 0.2) is 0 Å². The third-order valence-electron chi connectivity index (χ3n) is 7.04. The molecule has 0 aromatic carbocycles. The van der Waals surface area contributed by atoms with Crippen molar-refractivity contribution in [2.75, 3.05) is 65.9 Å². The number of hydroxylamine groups is 4. The zero-order valence-electron chi connectivity index (χ0n) is 28.8. The fourth-order valence-electron chi connectivity index (χ4n) is 4.27. The molecule has 21 nitrogen and oxygen atoms in total. The summed E-state index contributed by atoms with van der Waals surface area (Å²) >= 11 is 0. The minimum atomic E-state index is -0.839. The van der Waals surface area contributed by atoms with E-state index >= 15 is 0 Å². The first-order chi connectivity index (χ1) is 25.3. The number of carboxylic acids is 1. The largest absolute Gasteiger partial charge is 0.481 e. The van der Waals surface area contributed by atoms with Gasteiger partial charge >= 0.3 is 11.9 Å². The Balaban J connectivity index is 0.000000313. The number of carbonyl (C=O) groups is 10.